The molecule has 5 heteroatoms. The van der Waals surface area contributed by atoms with Gasteiger partial charge < -0.3 is 15.0 Å². The number of ether oxygens (including phenoxy) is 1. The number of fused-ring (bicyclic) bond motifs is 1. The van der Waals surface area contributed by atoms with Crippen LogP contribution in [0.1, 0.15) is 18.4 Å². The zero-order valence-corrected chi connectivity index (χ0v) is 14.4. The minimum atomic E-state index is -0.139. The minimum absolute atomic E-state index is 0.139. The molecule has 4 rings (SSSR count). The van der Waals surface area contributed by atoms with Crippen molar-refractivity contribution >= 4 is 22.4 Å². The van der Waals surface area contributed by atoms with Crippen LogP contribution >= 0.6 is 11.6 Å². The second-order valence-corrected chi connectivity index (χ2v) is 6.86. The third kappa shape index (κ3) is 3.55. The molecule has 4 nitrogen and oxygen atoms in total. The first-order chi connectivity index (χ1) is 12.2. The molecule has 2 N–H and O–H groups in total. The van der Waals surface area contributed by atoms with E-state index in [2.05, 4.69) is 34.6 Å². The Morgan fingerprint density at radius 3 is 2.76 bits per heavy atom. The summed E-state index contributed by atoms with van der Waals surface area (Å²) in [5, 5.41) is 5.44. The predicted octanol–water partition coefficient (Wildman–Crippen LogP) is 3.88. The molecule has 25 heavy (non-hydrogen) atoms. The summed E-state index contributed by atoms with van der Waals surface area (Å²) < 4.78 is 6.03. The first kappa shape index (κ1) is 16.2. The second-order valence-electron chi connectivity index (χ2n) is 6.45. The highest BCUT2D eigenvalue weighted by atomic mass is 35.5. The van der Waals surface area contributed by atoms with Gasteiger partial charge in [-0.1, -0.05) is 41.9 Å². The Bertz CT molecular complexity index is 933. The summed E-state index contributed by atoms with van der Waals surface area (Å²) in [6, 6.07) is 16.2. The Morgan fingerprint density at radius 2 is 1.96 bits per heavy atom. The van der Waals surface area contributed by atoms with Crippen molar-refractivity contribution in [1.29, 1.82) is 0 Å². The van der Waals surface area contributed by atoms with Crippen molar-refractivity contribution in [2.45, 2.75) is 31.5 Å². The quantitative estimate of drug-likeness (QED) is 0.731. The van der Waals surface area contributed by atoms with Gasteiger partial charge >= 0.3 is 0 Å². The third-order valence-electron chi connectivity index (χ3n) is 4.65. The molecule has 1 aromatic heterocycles. The lowest BCUT2D eigenvalue weighted by Crippen LogP contribution is -2.46. The summed E-state index contributed by atoms with van der Waals surface area (Å²) in [6.45, 7) is 0.873. The molecule has 0 bridgehead atoms. The molecule has 3 aromatic rings. The second kappa shape index (κ2) is 6.90. The highest BCUT2D eigenvalue weighted by Gasteiger charge is 2.30. The van der Waals surface area contributed by atoms with Crippen LogP contribution < -0.4 is 15.6 Å². The smallest absolute Gasteiger partial charge is 0.255 e. The number of hydrogen-bond donors (Lipinski definition) is 2. The SMILES string of the molecule is O=c1[nH]ccc2cc(O[C@H]3C[C@H](NCc4ccccc4)C3)c(Cl)cc12. The van der Waals surface area contributed by atoms with Crippen molar-refractivity contribution in [3.8, 4) is 5.75 Å². The number of nitrogens with one attached hydrogen (secondary N) is 2. The maximum atomic E-state index is 11.8. The van der Waals surface area contributed by atoms with Crippen molar-refractivity contribution in [3.63, 3.8) is 0 Å². The van der Waals surface area contributed by atoms with E-state index >= 15 is 0 Å². The molecule has 0 amide bonds. The van der Waals surface area contributed by atoms with Gasteiger partial charge in [-0.15, -0.1) is 0 Å². The molecular weight excluding hydrogens is 336 g/mol. The van der Waals surface area contributed by atoms with Gasteiger partial charge in [-0.2, -0.15) is 0 Å². The van der Waals surface area contributed by atoms with Gasteiger partial charge in [0.25, 0.3) is 5.56 Å². The molecule has 1 aliphatic carbocycles. The summed E-state index contributed by atoms with van der Waals surface area (Å²) in [7, 11) is 0. The number of H-pyrrole nitrogens is 1. The molecule has 0 spiro atoms. The molecular formula is C20H19ClN2O2. The van der Waals surface area contributed by atoms with E-state index in [9.17, 15) is 4.79 Å². The van der Waals surface area contributed by atoms with Crippen molar-refractivity contribution in [2.24, 2.45) is 0 Å². The topological polar surface area (TPSA) is 54.1 Å². The Morgan fingerprint density at radius 1 is 1.16 bits per heavy atom. The van der Waals surface area contributed by atoms with Gasteiger partial charge in [0.2, 0.25) is 0 Å². The van der Waals surface area contributed by atoms with Gasteiger partial charge in [0.05, 0.1) is 5.02 Å². The number of pyridine rings is 1. The zero-order valence-electron chi connectivity index (χ0n) is 13.7. The molecule has 0 aliphatic heterocycles. The maximum Gasteiger partial charge on any atom is 0.255 e. The number of benzene rings is 2. The lowest BCUT2D eigenvalue weighted by Gasteiger charge is -2.36. The van der Waals surface area contributed by atoms with E-state index in [1.165, 1.54) is 5.56 Å². The average Bonchev–Trinajstić information content (AvgIpc) is 2.59. The standard InChI is InChI=1S/C20H19ClN2O2/c21-18-11-17-14(6-7-22-20(17)24)8-19(18)25-16-9-15(10-16)23-12-13-4-2-1-3-5-13/h1-8,11,15-16,23H,9-10,12H2,(H,22,24)/t15-,16-. The number of aromatic nitrogens is 1. The molecule has 1 aliphatic rings. The lowest BCUT2D eigenvalue weighted by molar-refractivity contribution is 0.0845. The highest BCUT2D eigenvalue weighted by molar-refractivity contribution is 6.32. The zero-order chi connectivity index (χ0) is 17.2. The van der Waals surface area contributed by atoms with Crippen LogP contribution in [0.2, 0.25) is 5.02 Å². The van der Waals surface area contributed by atoms with Gasteiger partial charge in [-0.25, -0.2) is 0 Å². The van der Waals surface area contributed by atoms with Gasteiger partial charge in [0, 0.05) is 24.2 Å². The van der Waals surface area contributed by atoms with Crippen molar-refractivity contribution in [1.82, 2.24) is 10.3 Å². The Balaban J connectivity index is 1.36. The largest absolute Gasteiger partial charge is 0.489 e. The fraction of sp³-hybridized carbons (Fsp3) is 0.250. The van der Waals surface area contributed by atoms with E-state index in [1.54, 1.807) is 12.3 Å². The summed E-state index contributed by atoms with van der Waals surface area (Å²) >= 11 is 6.28. The van der Waals surface area contributed by atoms with Crippen LogP contribution in [-0.4, -0.2) is 17.1 Å². The van der Waals surface area contributed by atoms with E-state index in [0.29, 0.717) is 22.2 Å². The van der Waals surface area contributed by atoms with Crippen molar-refractivity contribution in [2.75, 3.05) is 0 Å². The first-order valence-corrected chi connectivity index (χ1v) is 8.82. The first-order valence-electron chi connectivity index (χ1n) is 8.44. The monoisotopic (exact) mass is 354 g/mol. The molecule has 0 unspecified atom stereocenters. The van der Waals surface area contributed by atoms with Gasteiger partial charge in [-0.05, 0) is 42.0 Å². The van der Waals surface area contributed by atoms with E-state index < -0.39 is 0 Å². The van der Waals surface area contributed by atoms with Crippen LogP contribution in [0.4, 0.5) is 0 Å². The van der Waals surface area contributed by atoms with Crippen LogP contribution in [0.15, 0.2) is 59.5 Å². The molecule has 1 saturated carbocycles. The number of hydrogen-bond acceptors (Lipinski definition) is 3. The van der Waals surface area contributed by atoms with Crippen molar-refractivity contribution < 1.29 is 4.74 Å². The molecule has 0 atom stereocenters. The molecule has 2 aromatic carbocycles. The van der Waals surface area contributed by atoms with E-state index in [1.807, 2.05) is 18.2 Å². The number of rotatable bonds is 5. The normalized spacial score (nSPS) is 19.6. The maximum absolute atomic E-state index is 11.8. The van der Waals surface area contributed by atoms with Crippen LogP contribution in [0.3, 0.4) is 0 Å². The average molecular weight is 355 g/mol. The summed E-state index contributed by atoms with van der Waals surface area (Å²) in [4.78, 5) is 14.5. The van der Waals surface area contributed by atoms with E-state index in [-0.39, 0.29) is 11.7 Å². The molecule has 0 saturated heterocycles. The Kier molecular flexibility index (Phi) is 4.47. The van der Waals surface area contributed by atoms with Gasteiger partial charge in [0.1, 0.15) is 11.9 Å². The fourth-order valence-electron chi connectivity index (χ4n) is 3.14. The van der Waals surface area contributed by atoms with Crippen LogP contribution in [0.25, 0.3) is 10.8 Å². The van der Waals surface area contributed by atoms with Gasteiger partial charge in [-0.3, -0.25) is 4.79 Å². The van der Waals surface area contributed by atoms with E-state index in [4.69, 9.17) is 16.3 Å². The van der Waals surface area contributed by atoms with Gasteiger partial charge in [0.15, 0.2) is 0 Å². The Hall–Kier alpha value is -2.30. The molecule has 1 heterocycles. The number of aromatic amines is 1. The van der Waals surface area contributed by atoms with Crippen LogP contribution in [0.5, 0.6) is 5.75 Å². The molecule has 1 fully saturated rings. The summed E-state index contributed by atoms with van der Waals surface area (Å²) in [5.74, 6) is 0.645. The predicted molar refractivity (Wildman–Crippen MR) is 100 cm³/mol. The Labute approximate surface area is 150 Å². The van der Waals surface area contributed by atoms with Crippen molar-refractivity contribution in [3.05, 3.63) is 75.7 Å². The lowest BCUT2D eigenvalue weighted by atomic mass is 9.89. The molecule has 0 radical (unpaired) electrons. The van der Waals surface area contributed by atoms with E-state index in [0.717, 1.165) is 24.8 Å². The van der Waals surface area contributed by atoms with Crippen LogP contribution in [0, 0.1) is 0 Å². The highest BCUT2D eigenvalue weighted by Crippen LogP contribution is 2.33. The number of halogens is 1. The third-order valence-corrected chi connectivity index (χ3v) is 4.95. The minimum Gasteiger partial charge on any atom is -0.489 e. The van der Waals surface area contributed by atoms with Crippen LogP contribution in [-0.2, 0) is 6.54 Å². The summed E-state index contributed by atoms with van der Waals surface area (Å²) in [5.41, 5.74) is 1.15. The fourth-order valence-corrected chi connectivity index (χ4v) is 3.35. The molecule has 128 valence electrons. The summed E-state index contributed by atoms with van der Waals surface area (Å²) in [6.07, 6.45) is 3.70.